The van der Waals surface area contributed by atoms with Gasteiger partial charge in [-0.15, -0.1) is 0 Å². The van der Waals surface area contributed by atoms with Gasteiger partial charge in [-0.1, -0.05) is 27.5 Å². The molecular formula is C8H5BrClF2NO2. The van der Waals surface area contributed by atoms with E-state index in [9.17, 15) is 13.6 Å². The molecule has 1 N–H and O–H groups in total. The molecule has 15 heavy (non-hydrogen) atoms. The Morgan fingerprint density at radius 3 is 2.67 bits per heavy atom. The minimum Gasteiger partial charge on any atom is -0.478 e. The molecule has 0 bridgehead atoms. The minimum atomic E-state index is -2.89. The molecule has 0 atom stereocenters. The van der Waals surface area contributed by atoms with Crippen molar-refractivity contribution in [3.8, 4) is 0 Å². The van der Waals surface area contributed by atoms with Crippen molar-refractivity contribution >= 4 is 33.5 Å². The molecule has 0 saturated heterocycles. The third kappa shape index (κ3) is 2.43. The van der Waals surface area contributed by atoms with Gasteiger partial charge < -0.3 is 5.11 Å². The highest BCUT2D eigenvalue weighted by atomic mass is 79.9. The van der Waals surface area contributed by atoms with Gasteiger partial charge in [0.05, 0.1) is 11.1 Å². The Hall–Kier alpha value is -0.750. The van der Waals surface area contributed by atoms with Crippen LogP contribution >= 0.6 is 27.5 Å². The van der Waals surface area contributed by atoms with Gasteiger partial charge in [-0.05, 0) is 0 Å². The predicted octanol–water partition coefficient (Wildman–Crippen LogP) is 3.27. The number of aromatic nitrogens is 1. The molecule has 0 aliphatic heterocycles. The van der Waals surface area contributed by atoms with Crippen molar-refractivity contribution in [2.75, 3.05) is 0 Å². The molecule has 0 spiro atoms. The number of pyridine rings is 1. The molecule has 3 nitrogen and oxygen atoms in total. The molecule has 0 amide bonds. The lowest BCUT2D eigenvalue weighted by molar-refractivity contribution is 0.0683. The van der Waals surface area contributed by atoms with Crippen molar-refractivity contribution in [2.45, 2.75) is 11.8 Å². The molecule has 0 saturated carbocycles. The number of carboxylic acid groups (broad SMARTS) is 1. The largest absolute Gasteiger partial charge is 0.478 e. The van der Waals surface area contributed by atoms with Crippen LogP contribution in [0.2, 0.25) is 5.15 Å². The fourth-order valence-corrected chi connectivity index (χ4v) is 2.00. The van der Waals surface area contributed by atoms with Gasteiger partial charge >= 0.3 is 5.97 Å². The highest BCUT2D eigenvalue weighted by molar-refractivity contribution is 9.08. The first-order valence-corrected chi connectivity index (χ1v) is 5.23. The smallest absolute Gasteiger partial charge is 0.336 e. The molecule has 82 valence electrons. The summed E-state index contributed by atoms with van der Waals surface area (Å²) < 4.78 is 24.9. The minimum absolute atomic E-state index is 0.0566. The number of hydrogen-bond donors (Lipinski definition) is 1. The second-order valence-electron chi connectivity index (χ2n) is 2.60. The molecule has 0 unspecified atom stereocenters. The number of nitrogens with zero attached hydrogens (tertiary/aromatic N) is 1. The van der Waals surface area contributed by atoms with E-state index >= 15 is 0 Å². The summed E-state index contributed by atoms with van der Waals surface area (Å²) in [7, 11) is 0. The standard InChI is InChI=1S/C8H5BrClF2NO2/c9-1-3-5(8(14)15)4(7(11)12)2-13-6(3)10/h2,7H,1H2,(H,14,15). The number of rotatable bonds is 3. The van der Waals surface area contributed by atoms with Gasteiger partial charge in [-0.2, -0.15) is 0 Å². The summed E-state index contributed by atoms with van der Waals surface area (Å²) in [6.07, 6.45) is -2.11. The maximum absolute atomic E-state index is 12.5. The normalized spacial score (nSPS) is 10.7. The molecule has 1 rings (SSSR count). The third-order valence-corrected chi connectivity index (χ3v) is 2.63. The lowest BCUT2D eigenvalue weighted by Crippen LogP contribution is -2.08. The maximum atomic E-state index is 12.5. The van der Waals surface area contributed by atoms with Gasteiger partial charge in [0.2, 0.25) is 0 Å². The second kappa shape index (κ2) is 4.85. The third-order valence-electron chi connectivity index (χ3n) is 1.74. The Kier molecular flexibility index (Phi) is 3.98. The number of carbonyl (C=O) groups is 1. The van der Waals surface area contributed by atoms with E-state index in [0.717, 1.165) is 6.20 Å². The number of aromatic carboxylic acids is 1. The van der Waals surface area contributed by atoms with Gasteiger partial charge in [-0.3, -0.25) is 0 Å². The Bertz CT molecular complexity index is 400. The summed E-state index contributed by atoms with van der Waals surface area (Å²) in [5.41, 5.74) is -1.05. The van der Waals surface area contributed by atoms with E-state index in [4.69, 9.17) is 16.7 Å². The first-order valence-electron chi connectivity index (χ1n) is 3.73. The van der Waals surface area contributed by atoms with Gasteiger partial charge in [0.15, 0.2) is 0 Å². The Balaban J connectivity index is 3.49. The summed E-state index contributed by atoms with van der Waals surface area (Å²) in [4.78, 5) is 14.3. The van der Waals surface area contributed by atoms with Gasteiger partial charge in [0.25, 0.3) is 6.43 Å². The monoisotopic (exact) mass is 299 g/mol. The molecule has 1 aromatic rings. The molecule has 0 aliphatic carbocycles. The molecule has 0 aliphatic rings. The van der Waals surface area contributed by atoms with Gasteiger partial charge in [0.1, 0.15) is 5.15 Å². The van der Waals surface area contributed by atoms with E-state index < -0.39 is 23.5 Å². The number of alkyl halides is 3. The second-order valence-corrected chi connectivity index (χ2v) is 3.52. The number of halogens is 4. The number of carboxylic acids is 1. The quantitative estimate of drug-likeness (QED) is 0.688. The molecule has 1 aromatic heterocycles. The summed E-state index contributed by atoms with van der Waals surface area (Å²) in [6.45, 7) is 0. The first-order chi connectivity index (χ1) is 6.99. The van der Waals surface area contributed by atoms with E-state index in [-0.39, 0.29) is 16.0 Å². The molecule has 0 fully saturated rings. The van der Waals surface area contributed by atoms with Crippen LogP contribution in [0.25, 0.3) is 0 Å². The maximum Gasteiger partial charge on any atom is 0.336 e. The fraction of sp³-hybridized carbons (Fsp3) is 0.250. The van der Waals surface area contributed by atoms with Gasteiger partial charge in [-0.25, -0.2) is 18.6 Å². The van der Waals surface area contributed by atoms with Crippen LogP contribution in [-0.4, -0.2) is 16.1 Å². The van der Waals surface area contributed by atoms with E-state index in [1.807, 2.05) is 0 Å². The van der Waals surface area contributed by atoms with Crippen LogP contribution in [0.15, 0.2) is 6.20 Å². The zero-order valence-corrected chi connectivity index (χ0v) is 9.52. The molecular weight excluding hydrogens is 295 g/mol. The average molecular weight is 300 g/mol. The summed E-state index contributed by atoms with van der Waals surface area (Å²) in [5, 5.41) is 8.78. The van der Waals surface area contributed by atoms with Crippen LogP contribution in [0.3, 0.4) is 0 Å². The molecule has 0 radical (unpaired) electrons. The summed E-state index contributed by atoms with van der Waals surface area (Å²) in [5.74, 6) is -1.44. The predicted molar refractivity (Wildman–Crippen MR) is 53.8 cm³/mol. The van der Waals surface area contributed by atoms with Crippen LogP contribution < -0.4 is 0 Å². The SMILES string of the molecule is O=C(O)c1c(C(F)F)cnc(Cl)c1CBr. The Morgan fingerprint density at radius 1 is 1.67 bits per heavy atom. The number of hydrogen-bond acceptors (Lipinski definition) is 2. The van der Waals surface area contributed by atoms with Crippen molar-refractivity contribution in [1.29, 1.82) is 0 Å². The van der Waals surface area contributed by atoms with E-state index in [0.29, 0.717) is 0 Å². The van der Waals surface area contributed by atoms with Gasteiger partial charge in [0, 0.05) is 17.1 Å². The fourth-order valence-electron chi connectivity index (χ4n) is 1.09. The van der Waals surface area contributed by atoms with Crippen LogP contribution in [0.1, 0.15) is 27.9 Å². The average Bonchev–Trinajstić information content (AvgIpc) is 2.16. The summed E-state index contributed by atoms with van der Waals surface area (Å²) >= 11 is 8.58. The summed E-state index contributed by atoms with van der Waals surface area (Å²) in [6, 6.07) is 0. The van der Waals surface area contributed by atoms with E-state index in [1.54, 1.807) is 0 Å². The molecule has 1 heterocycles. The Labute approximate surface area is 97.2 Å². The first kappa shape index (κ1) is 12.3. The Morgan fingerprint density at radius 2 is 2.27 bits per heavy atom. The van der Waals surface area contributed by atoms with Crippen molar-refractivity contribution in [3.63, 3.8) is 0 Å². The van der Waals surface area contributed by atoms with E-state index in [2.05, 4.69) is 20.9 Å². The van der Waals surface area contributed by atoms with Crippen LogP contribution in [0.5, 0.6) is 0 Å². The lowest BCUT2D eigenvalue weighted by Gasteiger charge is -2.09. The highest BCUT2D eigenvalue weighted by Crippen LogP contribution is 2.29. The molecule has 0 aromatic carbocycles. The van der Waals surface area contributed by atoms with Crippen LogP contribution in [-0.2, 0) is 5.33 Å². The van der Waals surface area contributed by atoms with Crippen molar-refractivity contribution in [1.82, 2.24) is 4.98 Å². The zero-order valence-electron chi connectivity index (χ0n) is 7.18. The van der Waals surface area contributed by atoms with Crippen LogP contribution in [0.4, 0.5) is 8.78 Å². The molecule has 7 heteroatoms. The topological polar surface area (TPSA) is 50.2 Å². The van der Waals surface area contributed by atoms with Crippen molar-refractivity contribution < 1.29 is 18.7 Å². The van der Waals surface area contributed by atoms with E-state index in [1.165, 1.54) is 0 Å². The van der Waals surface area contributed by atoms with Crippen molar-refractivity contribution in [3.05, 3.63) is 28.0 Å². The van der Waals surface area contributed by atoms with Crippen molar-refractivity contribution in [2.24, 2.45) is 0 Å². The van der Waals surface area contributed by atoms with Crippen LogP contribution in [0, 0.1) is 0 Å². The highest BCUT2D eigenvalue weighted by Gasteiger charge is 2.23. The lowest BCUT2D eigenvalue weighted by atomic mass is 10.1. The zero-order chi connectivity index (χ0) is 11.6.